The molecule has 0 spiro atoms. The number of allylic oxidation sites excluding steroid dienone is 2. The molecule has 9 aromatic rings. The van der Waals surface area contributed by atoms with Crippen LogP contribution in [0.3, 0.4) is 0 Å². The summed E-state index contributed by atoms with van der Waals surface area (Å²) in [6, 6.07) is 63.1. The largest absolute Gasteiger partial charge is 0.289 e. The zero-order valence-corrected chi connectivity index (χ0v) is 34.8. The first-order chi connectivity index (χ1) is 31.1. The van der Waals surface area contributed by atoms with Crippen molar-refractivity contribution in [3.05, 3.63) is 248 Å². The van der Waals surface area contributed by atoms with Gasteiger partial charge in [0, 0.05) is 63.9 Å². The van der Waals surface area contributed by atoms with Crippen LogP contribution in [0.4, 0.5) is 0 Å². The molecule has 0 radical (unpaired) electrons. The molecule has 0 aliphatic carbocycles. The number of rotatable bonds is 12. The fraction of sp³-hybridized carbons (Fsp3) is 0.0172. The van der Waals surface area contributed by atoms with E-state index in [9.17, 15) is 0 Å². The third-order valence-electron chi connectivity index (χ3n) is 11.0. The van der Waals surface area contributed by atoms with Gasteiger partial charge in [-0.25, -0.2) is 0 Å². The predicted octanol–water partition coefficient (Wildman–Crippen LogP) is 14.3. The first-order valence-electron chi connectivity index (χ1n) is 20.8. The third kappa shape index (κ3) is 8.63. The molecule has 5 nitrogen and oxygen atoms in total. The van der Waals surface area contributed by atoms with E-state index in [4.69, 9.17) is 19.9 Å². The summed E-state index contributed by atoms with van der Waals surface area (Å²) in [5, 5.41) is 0. The molecule has 0 aliphatic heterocycles. The number of pyridine rings is 3. The minimum atomic E-state index is -0.112. The molecule has 0 amide bonds. The van der Waals surface area contributed by atoms with Gasteiger partial charge in [-0.2, -0.15) is 0 Å². The van der Waals surface area contributed by atoms with E-state index in [0.29, 0.717) is 11.1 Å². The number of nitrogens with zero attached hydrogens (tertiary/aromatic N) is 4. The summed E-state index contributed by atoms with van der Waals surface area (Å²) in [4.78, 5) is 34.5. The van der Waals surface area contributed by atoms with Gasteiger partial charge >= 0.3 is 0 Å². The predicted molar refractivity (Wildman–Crippen MR) is 259 cm³/mol. The molecule has 0 bridgehead atoms. The van der Waals surface area contributed by atoms with Crippen molar-refractivity contribution in [2.24, 2.45) is 4.99 Å². The minimum absolute atomic E-state index is 0.112. The molecule has 3 aromatic heterocycles. The van der Waals surface area contributed by atoms with Crippen LogP contribution in [0.1, 0.15) is 28.4 Å². The summed E-state index contributed by atoms with van der Waals surface area (Å²) in [7, 11) is 0. The van der Waals surface area contributed by atoms with Crippen molar-refractivity contribution < 1.29 is 4.79 Å². The van der Waals surface area contributed by atoms with Gasteiger partial charge in [0.25, 0.3) is 0 Å². The second-order valence-corrected chi connectivity index (χ2v) is 15.0. The maximum atomic E-state index is 15.6. The Kier molecular flexibility index (Phi) is 11.7. The molecule has 0 saturated heterocycles. The van der Waals surface area contributed by atoms with E-state index >= 15 is 4.79 Å². The van der Waals surface area contributed by atoms with Gasteiger partial charge in [0.2, 0.25) is 0 Å². The second kappa shape index (κ2) is 18.5. The van der Waals surface area contributed by atoms with Crippen LogP contribution >= 0.6 is 0 Å². The van der Waals surface area contributed by atoms with E-state index in [-0.39, 0.29) is 5.78 Å². The van der Waals surface area contributed by atoms with Gasteiger partial charge < -0.3 is 0 Å². The fourth-order valence-electron chi connectivity index (χ4n) is 8.08. The second-order valence-electron chi connectivity index (χ2n) is 15.0. The van der Waals surface area contributed by atoms with Gasteiger partial charge in [-0.3, -0.25) is 24.7 Å². The molecule has 0 atom stereocenters. The molecular formula is C58H42N4O. The highest BCUT2D eigenvalue weighted by Gasteiger charge is 2.21. The molecular weight excluding hydrogens is 769 g/mol. The van der Waals surface area contributed by atoms with E-state index in [1.165, 1.54) is 0 Å². The van der Waals surface area contributed by atoms with Crippen LogP contribution in [-0.2, 0) is 0 Å². The van der Waals surface area contributed by atoms with E-state index in [2.05, 4.69) is 67.2 Å². The molecule has 0 unspecified atom stereocenters. The molecule has 9 rings (SSSR count). The zero-order valence-electron chi connectivity index (χ0n) is 34.8. The maximum Gasteiger partial charge on any atom is 0.193 e. The van der Waals surface area contributed by atoms with Gasteiger partial charge in [0.05, 0.1) is 17.1 Å². The topological polar surface area (TPSA) is 68.1 Å². The van der Waals surface area contributed by atoms with E-state index in [0.717, 1.165) is 89.6 Å². The summed E-state index contributed by atoms with van der Waals surface area (Å²) in [5.74, 6) is -0.112. The number of aromatic nitrogens is 3. The van der Waals surface area contributed by atoms with Gasteiger partial charge in [0.1, 0.15) is 0 Å². The van der Waals surface area contributed by atoms with Crippen LogP contribution < -0.4 is 0 Å². The Hall–Kier alpha value is -8.41. The van der Waals surface area contributed by atoms with Gasteiger partial charge in [-0.1, -0.05) is 128 Å². The van der Waals surface area contributed by atoms with Crippen LogP contribution in [0.5, 0.6) is 0 Å². The number of hydrogen-bond acceptors (Lipinski definition) is 5. The first kappa shape index (κ1) is 40.0. The van der Waals surface area contributed by atoms with Crippen LogP contribution in [0.2, 0.25) is 0 Å². The molecule has 3 heterocycles. The van der Waals surface area contributed by atoms with E-state index in [1.54, 1.807) is 30.9 Å². The van der Waals surface area contributed by atoms with Crippen molar-refractivity contribution in [1.82, 2.24) is 15.0 Å². The highest BCUT2D eigenvalue weighted by atomic mass is 16.1. The van der Waals surface area contributed by atoms with Crippen LogP contribution in [-0.4, -0.2) is 26.4 Å². The highest BCUT2D eigenvalue weighted by molar-refractivity contribution is 6.13. The Morgan fingerprint density at radius 3 is 1.17 bits per heavy atom. The molecule has 0 N–H and O–H groups in total. The summed E-state index contributed by atoms with van der Waals surface area (Å²) in [6.45, 7) is 5.79. The number of benzene rings is 6. The van der Waals surface area contributed by atoms with Crippen LogP contribution in [0.25, 0.3) is 78.3 Å². The van der Waals surface area contributed by atoms with Crippen LogP contribution in [0, 0.1) is 0 Å². The highest BCUT2D eigenvalue weighted by Crippen LogP contribution is 2.40. The Bertz CT molecular complexity index is 3050. The molecule has 0 saturated carbocycles. The number of carbonyl (C=O) groups is 1. The average molecular weight is 811 g/mol. The Morgan fingerprint density at radius 1 is 0.444 bits per heavy atom. The Morgan fingerprint density at radius 2 is 0.794 bits per heavy atom. The molecule has 0 fully saturated rings. The average Bonchev–Trinajstić information content (AvgIpc) is 3.36. The zero-order chi connectivity index (χ0) is 43.0. The summed E-state index contributed by atoms with van der Waals surface area (Å²) < 4.78 is 0. The van der Waals surface area contributed by atoms with Crippen molar-refractivity contribution in [1.29, 1.82) is 0 Å². The molecule has 5 heteroatoms. The normalized spacial score (nSPS) is 11.4. The van der Waals surface area contributed by atoms with Gasteiger partial charge in [0.15, 0.2) is 5.78 Å². The minimum Gasteiger partial charge on any atom is -0.289 e. The third-order valence-corrected chi connectivity index (χ3v) is 11.0. The van der Waals surface area contributed by atoms with Crippen molar-refractivity contribution in [2.45, 2.75) is 6.92 Å². The monoisotopic (exact) mass is 810 g/mol. The summed E-state index contributed by atoms with van der Waals surface area (Å²) in [6.07, 6.45) is 10.7. The summed E-state index contributed by atoms with van der Waals surface area (Å²) >= 11 is 0. The van der Waals surface area contributed by atoms with Crippen LogP contribution in [0.15, 0.2) is 237 Å². The SMILES string of the molecule is C=C/C=C\N=C(C)c1ccccc1-c1cc(C(=O)c2cc(-c3ccccc3-c3ccccn3)cc(-c3ccccc3-c3ccccn3)c2)cc(-c2ccccc2-c2ccccn2)c1. The van der Waals surface area contributed by atoms with Gasteiger partial charge in [-0.15, -0.1) is 0 Å². The molecule has 300 valence electrons. The molecule has 0 aliphatic rings. The number of carbonyl (C=O) groups excluding carboxylic acids is 1. The lowest BCUT2D eigenvalue weighted by atomic mass is 9.86. The van der Waals surface area contributed by atoms with Crippen molar-refractivity contribution in [3.8, 4) is 78.3 Å². The van der Waals surface area contributed by atoms with Gasteiger partial charge in [-0.05, 0) is 130 Å². The lowest BCUT2D eigenvalue weighted by molar-refractivity contribution is 0.103. The standard InChI is InChI=1S/C58H42N4O/c1-3-4-30-59-40(2)47-19-5-6-20-48(47)41-34-42(49-21-7-10-24-52(49)55-27-13-16-31-60-55)37-45(36-41)58(63)46-38-43(50-22-8-11-25-53(50)56-28-14-17-32-61-56)35-44(39-46)51-23-9-12-26-54(51)57-29-15-18-33-62-57/h3-39H,1H2,2H3/b30-4-,59-40?. The fourth-order valence-corrected chi connectivity index (χ4v) is 8.08. The smallest absolute Gasteiger partial charge is 0.193 e. The van der Waals surface area contributed by atoms with Crippen molar-refractivity contribution in [3.63, 3.8) is 0 Å². The maximum absolute atomic E-state index is 15.6. The van der Waals surface area contributed by atoms with Crippen molar-refractivity contribution in [2.75, 3.05) is 0 Å². The lowest BCUT2D eigenvalue weighted by Gasteiger charge is -2.17. The van der Waals surface area contributed by atoms with E-state index < -0.39 is 0 Å². The number of aliphatic imine (C=N–C) groups is 1. The molecule has 6 aromatic carbocycles. The van der Waals surface area contributed by atoms with E-state index in [1.807, 2.05) is 140 Å². The molecule has 63 heavy (non-hydrogen) atoms. The Labute approximate surface area is 368 Å². The number of ketones is 1. The Balaban J connectivity index is 1.28. The lowest BCUT2D eigenvalue weighted by Crippen LogP contribution is -2.05. The summed E-state index contributed by atoms with van der Waals surface area (Å²) in [5.41, 5.74) is 15.8. The first-order valence-corrected chi connectivity index (χ1v) is 20.8. The van der Waals surface area contributed by atoms with Crippen molar-refractivity contribution >= 4 is 11.5 Å². The quantitative estimate of drug-likeness (QED) is 0.0700. The number of hydrogen-bond donors (Lipinski definition) is 0.